The summed E-state index contributed by atoms with van der Waals surface area (Å²) in [5.74, 6) is 0. The third kappa shape index (κ3) is 3.57. The smallest absolute Gasteiger partial charge is 0.0702 e. The van der Waals surface area contributed by atoms with Gasteiger partial charge < -0.3 is 4.57 Å². The van der Waals surface area contributed by atoms with Crippen molar-refractivity contribution in [3.05, 3.63) is 146 Å². The van der Waals surface area contributed by atoms with Crippen molar-refractivity contribution in [1.82, 2.24) is 9.55 Å². The summed E-state index contributed by atoms with van der Waals surface area (Å²) in [6.45, 7) is 0. The topological polar surface area (TPSA) is 17.8 Å². The average molecular weight is 553 g/mol. The summed E-state index contributed by atoms with van der Waals surface area (Å²) < 4.78 is 2.37. The number of nitrogens with zero attached hydrogens (tertiary/aromatic N) is 2. The highest BCUT2D eigenvalue weighted by atomic mass is 32.2. The molecule has 0 radical (unpaired) electrons. The minimum absolute atomic E-state index is 1.01. The van der Waals surface area contributed by atoms with Crippen molar-refractivity contribution < 1.29 is 0 Å². The summed E-state index contributed by atoms with van der Waals surface area (Å²) in [5, 5.41) is 5.13. The molecule has 8 aromatic rings. The van der Waals surface area contributed by atoms with Gasteiger partial charge in [0.2, 0.25) is 0 Å². The minimum atomic E-state index is 1.01. The van der Waals surface area contributed by atoms with E-state index < -0.39 is 0 Å². The Labute approximate surface area is 247 Å². The minimum Gasteiger partial charge on any atom is -0.309 e. The first kappa shape index (κ1) is 23.6. The Kier molecular flexibility index (Phi) is 5.16. The maximum atomic E-state index is 4.61. The van der Waals surface area contributed by atoms with Gasteiger partial charge in [-0.1, -0.05) is 84.6 Å². The lowest BCUT2D eigenvalue weighted by Gasteiger charge is -2.22. The van der Waals surface area contributed by atoms with E-state index in [9.17, 15) is 0 Å². The molecule has 3 heteroatoms. The zero-order valence-electron chi connectivity index (χ0n) is 22.7. The molecule has 9 rings (SSSR count). The van der Waals surface area contributed by atoms with Gasteiger partial charge in [0, 0.05) is 43.4 Å². The molecule has 196 valence electrons. The summed E-state index contributed by atoms with van der Waals surface area (Å²) in [4.78, 5) is 7.19. The normalized spacial score (nSPS) is 12.2. The molecule has 0 aliphatic carbocycles. The van der Waals surface area contributed by atoms with Crippen LogP contribution in [0.15, 0.2) is 156 Å². The number of benzene rings is 6. The van der Waals surface area contributed by atoms with Crippen LogP contribution >= 0.6 is 11.8 Å². The Balaban J connectivity index is 1.20. The van der Waals surface area contributed by atoms with Gasteiger partial charge in [0.05, 0.1) is 16.7 Å². The van der Waals surface area contributed by atoms with Gasteiger partial charge in [-0.15, -0.1) is 0 Å². The molecular formula is C39H24N2S. The predicted octanol–water partition coefficient (Wildman–Crippen LogP) is 10.8. The number of hydrogen-bond donors (Lipinski definition) is 0. The number of rotatable bonds is 3. The zero-order valence-corrected chi connectivity index (χ0v) is 23.5. The van der Waals surface area contributed by atoms with Crippen LogP contribution in [0, 0.1) is 0 Å². The predicted molar refractivity (Wildman–Crippen MR) is 177 cm³/mol. The van der Waals surface area contributed by atoms with Crippen molar-refractivity contribution in [2.45, 2.75) is 9.79 Å². The highest BCUT2D eigenvalue weighted by Gasteiger charge is 2.21. The SMILES string of the molecule is c1ccc(-n2c3ccccc3c3cc(-c4ccc5c(c4)-c4cccc6cc(-c7ccccn7)cc(c46)S5)ccc32)cc1. The highest BCUT2D eigenvalue weighted by molar-refractivity contribution is 7.99. The van der Waals surface area contributed by atoms with E-state index >= 15 is 0 Å². The standard InChI is InChI=1S/C39H24N2S/c1-2-10-29(11-3-1)41-35-15-5-4-12-30(35)32-22-25(16-18-36(32)41)26-17-19-37-33(23-26)31-13-8-9-27-21-28(24-38(42-37)39(27)31)34-14-6-7-20-40-34/h1-24H. The quantitative estimate of drug-likeness (QED) is 0.217. The third-order valence-electron chi connectivity index (χ3n) is 8.41. The number of hydrogen-bond acceptors (Lipinski definition) is 2. The van der Waals surface area contributed by atoms with E-state index in [4.69, 9.17) is 0 Å². The van der Waals surface area contributed by atoms with Crippen LogP contribution in [-0.2, 0) is 0 Å². The molecule has 1 aliphatic rings. The van der Waals surface area contributed by atoms with E-state index in [-0.39, 0.29) is 0 Å². The monoisotopic (exact) mass is 552 g/mol. The lowest BCUT2D eigenvalue weighted by molar-refractivity contribution is 1.18. The Morgan fingerprint density at radius 3 is 2.21 bits per heavy atom. The molecular weight excluding hydrogens is 529 g/mol. The molecule has 0 bridgehead atoms. The second-order valence-corrected chi connectivity index (χ2v) is 11.9. The largest absolute Gasteiger partial charge is 0.309 e. The van der Waals surface area contributed by atoms with Crippen molar-refractivity contribution in [2.75, 3.05) is 0 Å². The molecule has 0 atom stereocenters. The molecule has 0 saturated heterocycles. The van der Waals surface area contributed by atoms with Crippen LogP contribution in [0.5, 0.6) is 0 Å². The van der Waals surface area contributed by atoms with Crippen LogP contribution in [0.3, 0.4) is 0 Å². The van der Waals surface area contributed by atoms with Gasteiger partial charge in [-0.2, -0.15) is 0 Å². The number of fused-ring (bicyclic) bond motifs is 5. The Morgan fingerprint density at radius 2 is 1.31 bits per heavy atom. The van der Waals surface area contributed by atoms with Crippen LogP contribution in [0.4, 0.5) is 0 Å². The molecule has 2 aromatic heterocycles. The molecule has 42 heavy (non-hydrogen) atoms. The van der Waals surface area contributed by atoms with Gasteiger partial charge >= 0.3 is 0 Å². The van der Waals surface area contributed by atoms with E-state index in [0.29, 0.717) is 0 Å². The van der Waals surface area contributed by atoms with Crippen molar-refractivity contribution in [2.24, 2.45) is 0 Å². The van der Waals surface area contributed by atoms with Crippen molar-refractivity contribution in [3.63, 3.8) is 0 Å². The van der Waals surface area contributed by atoms with Crippen molar-refractivity contribution in [1.29, 1.82) is 0 Å². The van der Waals surface area contributed by atoms with Crippen LogP contribution in [0.1, 0.15) is 0 Å². The summed E-state index contributed by atoms with van der Waals surface area (Å²) in [7, 11) is 0. The van der Waals surface area contributed by atoms with Crippen LogP contribution in [-0.4, -0.2) is 9.55 Å². The van der Waals surface area contributed by atoms with Crippen molar-refractivity contribution in [3.8, 4) is 39.2 Å². The molecule has 6 aromatic carbocycles. The van der Waals surface area contributed by atoms with E-state index in [1.165, 1.54) is 70.3 Å². The fourth-order valence-corrected chi connectivity index (χ4v) is 7.68. The summed E-state index contributed by atoms with van der Waals surface area (Å²) >= 11 is 1.86. The van der Waals surface area contributed by atoms with E-state index in [1.807, 2.05) is 24.0 Å². The molecule has 0 unspecified atom stereocenters. The van der Waals surface area contributed by atoms with Gasteiger partial charge in [-0.05, 0) is 94.4 Å². The molecule has 0 amide bonds. The van der Waals surface area contributed by atoms with Gasteiger partial charge in [0.1, 0.15) is 0 Å². The lowest BCUT2D eigenvalue weighted by Crippen LogP contribution is -1.95. The lowest BCUT2D eigenvalue weighted by atomic mass is 9.93. The van der Waals surface area contributed by atoms with Crippen molar-refractivity contribution >= 4 is 44.3 Å². The molecule has 1 aliphatic heterocycles. The fourth-order valence-electron chi connectivity index (χ4n) is 6.51. The Bertz CT molecular complexity index is 2320. The number of pyridine rings is 1. The second-order valence-electron chi connectivity index (χ2n) is 10.8. The fraction of sp³-hybridized carbons (Fsp3) is 0. The Hall–Kier alpha value is -5.12. The average Bonchev–Trinajstić information content (AvgIpc) is 3.39. The van der Waals surface area contributed by atoms with Gasteiger partial charge in [0.15, 0.2) is 0 Å². The third-order valence-corrected chi connectivity index (χ3v) is 9.53. The maximum absolute atomic E-state index is 4.61. The molecule has 2 nitrogen and oxygen atoms in total. The van der Waals surface area contributed by atoms with Crippen LogP contribution in [0.2, 0.25) is 0 Å². The summed E-state index contributed by atoms with van der Waals surface area (Å²) in [5.41, 5.74) is 10.9. The highest BCUT2D eigenvalue weighted by Crippen LogP contribution is 2.50. The first-order valence-corrected chi connectivity index (χ1v) is 15.0. The van der Waals surface area contributed by atoms with E-state index in [0.717, 1.165) is 11.3 Å². The number of aromatic nitrogens is 2. The van der Waals surface area contributed by atoms with Gasteiger partial charge in [0.25, 0.3) is 0 Å². The Morgan fingerprint density at radius 1 is 0.500 bits per heavy atom. The van der Waals surface area contributed by atoms with Crippen LogP contribution < -0.4 is 0 Å². The number of para-hydroxylation sites is 2. The maximum Gasteiger partial charge on any atom is 0.0702 e. The molecule has 0 fully saturated rings. The van der Waals surface area contributed by atoms with Gasteiger partial charge in [-0.25, -0.2) is 0 Å². The van der Waals surface area contributed by atoms with Gasteiger partial charge in [-0.3, -0.25) is 4.98 Å². The zero-order chi connectivity index (χ0) is 27.6. The second kappa shape index (κ2) is 9.20. The molecule has 0 N–H and O–H groups in total. The van der Waals surface area contributed by atoms with E-state index in [1.54, 1.807) is 0 Å². The molecule has 0 spiro atoms. The van der Waals surface area contributed by atoms with E-state index in [2.05, 4.69) is 143 Å². The molecule has 3 heterocycles. The summed E-state index contributed by atoms with van der Waals surface area (Å²) in [6.07, 6.45) is 1.86. The first-order valence-electron chi connectivity index (χ1n) is 14.2. The molecule has 0 saturated carbocycles. The first-order chi connectivity index (χ1) is 20.8. The summed E-state index contributed by atoms with van der Waals surface area (Å²) in [6, 6.07) is 50.6. The van der Waals surface area contributed by atoms with Crippen LogP contribution in [0.25, 0.3) is 71.8 Å².